The summed E-state index contributed by atoms with van der Waals surface area (Å²) in [5.74, 6) is 0.303. The van der Waals surface area contributed by atoms with Gasteiger partial charge in [-0.3, -0.25) is 9.59 Å². The number of carbonyl (C=O) groups excluding carboxylic acids is 2. The lowest BCUT2D eigenvalue weighted by atomic mass is 10.0. The first-order chi connectivity index (χ1) is 14.4. The van der Waals surface area contributed by atoms with Crippen molar-refractivity contribution in [3.05, 3.63) is 77.3 Å². The van der Waals surface area contributed by atoms with Crippen LogP contribution in [0, 0.1) is 13.8 Å². The number of rotatable bonds is 8. The van der Waals surface area contributed by atoms with Gasteiger partial charge in [-0.25, -0.2) is 4.98 Å². The number of ether oxygens (including phenoxy) is 1. The molecule has 1 N–H and O–H groups in total. The Labute approximate surface area is 176 Å². The molecule has 0 bridgehead atoms. The molecule has 1 aromatic heterocycles. The van der Waals surface area contributed by atoms with E-state index in [2.05, 4.69) is 10.3 Å². The van der Waals surface area contributed by atoms with Crippen LogP contribution in [0.5, 0.6) is 0 Å². The van der Waals surface area contributed by atoms with Gasteiger partial charge in [0, 0.05) is 12.0 Å². The van der Waals surface area contributed by atoms with E-state index in [0.29, 0.717) is 18.1 Å². The second-order valence-electron chi connectivity index (χ2n) is 7.28. The maximum absolute atomic E-state index is 12.1. The van der Waals surface area contributed by atoms with Gasteiger partial charge in [0.1, 0.15) is 0 Å². The molecule has 0 saturated heterocycles. The minimum Gasteiger partial charge on any atom is -0.456 e. The Kier molecular flexibility index (Phi) is 7.01. The van der Waals surface area contributed by atoms with Gasteiger partial charge in [-0.05, 0) is 37.5 Å². The minimum absolute atomic E-state index is 0.0920. The largest absolute Gasteiger partial charge is 0.456 e. The Balaban J connectivity index is 1.41. The predicted molar refractivity (Wildman–Crippen MR) is 114 cm³/mol. The Morgan fingerprint density at radius 1 is 1.10 bits per heavy atom. The van der Waals surface area contributed by atoms with Gasteiger partial charge in [0.15, 0.2) is 18.3 Å². The van der Waals surface area contributed by atoms with E-state index in [0.717, 1.165) is 11.1 Å². The van der Waals surface area contributed by atoms with Crippen LogP contribution >= 0.6 is 0 Å². The maximum Gasteiger partial charge on any atom is 0.306 e. The van der Waals surface area contributed by atoms with Crippen molar-refractivity contribution in [2.75, 3.05) is 6.61 Å². The van der Waals surface area contributed by atoms with Gasteiger partial charge in [-0.2, -0.15) is 0 Å². The minimum atomic E-state index is -0.469. The fraction of sp³-hybridized carbons (Fsp3) is 0.292. The average molecular weight is 406 g/mol. The number of nitrogens with one attached hydrogen (secondary N) is 1. The summed E-state index contributed by atoms with van der Waals surface area (Å²) in [5, 5.41) is 2.85. The monoisotopic (exact) mass is 406 g/mol. The molecule has 0 unspecified atom stereocenters. The summed E-state index contributed by atoms with van der Waals surface area (Å²) >= 11 is 0. The second-order valence-corrected chi connectivity index (χ2v) is 7.28. The first-order valence-electron chi connectivity index (χ1n) is 9.94. The van der Waals surface area contributed by atoms with Crippen molar-refractivity contribution in [2.45, 2.75) is 39.7 Å². The highest BCUT2D eigenvalue weighted by atomic mass is 16.5. The molecule has 156 valence electrons. The number of amides is 1. The smallest absolute Gasteiger partial charge is 0.306 e. The number of carbonyl (C=O) groups is 2. The average Bonchev–Trinajstić information content (AvgIpc) is 3.22. The highest BCUT2D eigenvalue weighted by Crippen LogP contribution is 2.20. The number of benzene rings is 2. The molecule has 0 aliphatic carbocycles. The number of hydrogen-bond donors (Lipinski definition) is 1. The standard InChI is InChI=1S/C24H26N2O4/c1-16-9-10-20(13-17(16)2)18(3)26-22(27)15-29-24(28)12-11-23-25-14-21(30-23)19-7-5-4-6-8-19/h4-10,13-14,18H,11-12,15H2,1-3H3,(H,26,27)/t18-/m1/s1. The van der Waals surface area contributed by atoms with E-state index in [-0.39, 0.29) is 25.0 Å². The zero-order valence-electron chi connectivity index (χ0n) is 17.5. The van der Waals surface area contributed by atoms with Gasteiger partial charge >= 0.3 is 5.97 Å². The SMILES string of the molecule is Cc1ccc([C@@H](C)NC(=O)COC(=O)CCc2ncc(-c3ccccc3)o2)cc1C. The van der Waals surface area contributed by atoms with Crippen LogP contribution in [0.15, 0.2) is 59.1 Å². The quantitative estimate of drug-likeness (QED) is 0.564. The topological polar surface area (TPSA) is 81.4 Å². The zero-order chi connectivity index (χ0) is 21.5. The first kappa shape index (κ1) is 21.3. The van der Waals surface area contributed by atoms with Crippen LogP contribution in [0.3, 0.4) is 0 Å². The third kappa shape index (κ3) is 5.80. The highest BCUT2D eigenvalue weighted by molar-refractivity contribution is 5.80. The van der Waals surface area contributed by atoms with Crippen LogP contribution < -0.4 is 5.32 Å². The molecule has 0 radical (unpaired) electrons. The molecule has 1 heterocycles. The van der Waals surface area contributed by atoms with Crippen molar-refractivity contribution in [3.63, 3.8) is 0 Å². The number of hydrogen-bond acceptors (Lipinski definition) is 5. The van der Waals surface area contributed by atoms with Crippen LogP contribution in [0.2, 0.25) is 0 Å². The zero-order valence-corrected chi connectivity index (χ0v) is 17.5. The molecule has 2 aromatic carbocycles. The number of aryl methyl sites for hydroxylation is 3. The summed E-state index contributed by atoms with van der Waals surface area (Å²) in [4.78, 5) is 28.3. The Morgan fingerprint density at radius 2 is 1.87 bits per heavy atom. The highest BCUT2D eigenvalue weighted by Gasteiger charge is 2.14. The molecule has 6 nitrogen and oxygen atoms in total. The number of esters is 1. The van der Waals surface area contributed by atoms with Crippen molar-refractivity contribution in [2.24, 2.45) is 0 Å². The van der Waals surface area contributed by atoms with Gasteiger partial charge in [-0.1, -0.05) is 48.5 Å². The molecule has 0 saturated carbocycles. The molecule has 1 amide bonds. The molecule has 30 heavy (non-hydrogen) atoms. The second kappa shape index (κ2) is 9.87. The molecule has 0 fully saturated rings. The molecule has 6 heteroatoms. The van der Waals surface area contributed by atoms with E-state index in [4.69, 9.17) is 9.15 Å². The van der Waals surface area contributed by atoms with Crippen molar-refractivity contribution in [1.29, 1.82) is 0 Å². The van der Waals surface area contributed by atoms with Gasteiger partial charge in [0.25, 0.3) is 5.91 Å². The number of aromatic nitrogens is 1. The maximum atomic E-state index is 12.1. The summed E-state index contributed by atoms with van der Waals surface area (Å²) in [5.41, 5.74) is 4.31. The summed E-state index contributed by atoms with van der Waals surface area (Å²) in [6.07, 6.45) is 2.04. The molecule has 3 rings (SSSR count). The van der Waals surface area contributed by atoms with Crippen LogP contribution in [0.25, 0.3) is 11.3 Å². The van der Waals surface area contributed by atoms with Gasteiger partial charge in [0.2, 0.25) is 0 Å². The van der Waals surface area contributed by atoms with E-state index in [1.807, 2.05) is 69.3 Å². The molecule has 1 atom stereocenters. The van der Waals surface area contributed by atoms with Crippen LogP contribution in [-0.4, -0.2) is 23.5 Å². The molecular formula is C24H26N2O4. The number of nitrogens with zero attached hydrogens (tertiary/aromatic N) is 1. The van der Waals surface area contributed by atoms with Gasteiger partial charge in [0.05, 0.1) is 18.7 Å². The van der Waals surface area contributed by atoms with Gasteiger partial charge in [-0.15, -0.1) is 0 Å². The molecule has 0 aliphatic rings. The summed E-state index contributed by atoms with van der Waals surface area (Å²) in [6.45, 7) is 5.67. The van der Waals surface area contributed by atoms with E-state index in [1.165, 1.54) is 11.1 Å². The van der Waals surface area contributed by atoms with Crippen molar-refractivity contribution >= 4 is 11.9 Å². The Morgan fingerprint density at radius 3 is 2.60 bits per heavy atom. The van der Waals surface area contributed by atoms with Crippen molar-refractivity contribution < 1.29 is 18.7 Å². The van der Waals surface area contributed by atoms with Crippen molar-refractivity contribution in [3.8, 4) is 11.3 Å². The summed E-state index contributed by atoms with van der Waals surface area (Å²) in [6, 6.07) is 15.5. The van der Waals surface area contributed by atoms with E-state index in [1.54, 1.807) is 6.20 Å². The summed E-state index contributed by atoms with van der Waals surface area (Å²) < 4.78 is 10.7. The fourth-order valence-electron chi connectivity index (χ4n) is 2.99. The fourth-order valence-corrected chi connectivity index (χ4v) is 2.99. The lowest BCUT2D eigenvalue weighted by Gasteiger charge is -2.15. The van der Waals surface area contributed by atoms with E-state index < -0.39 is 5.97 Å². The lowest BCUT2D eigenvalue weighted by molar-refractivity contribution is -0.148. The van der Waals surface area contributed by atoms with Crippen LogP contribution in [0.1, 0.15) is 42.0 Å². The van der Waals surface area contributed by atoms with Crippen LogP contribution in [-0.2, 0) is 20.7 Å². The molecular weight excluding hydrogens is 380 g/mol. The van der Waals surface area contributed by atoms with E-state index >= 15 is 0 Å². The predicted octanol–water partition coefficient (Wildman–Crippen LogP) is 4.31. The van der Waals surface area contributed by atoms with Gasteiger partial charge < -0.3 is 14.5 Å². The molecule has 0 spiro atoms. The Bertz CT molecular complexity index is 1010. The lowest BCUT2D eigenvalue weighted by Crippen LogP contribution is -2.31. The Hall–Kier alpha value is -3.41. The molecule has 0 aliphatic heterocycles. The molecule has 3 aromatic rings. The normalized spacial score (nSPS) is 11.7. The first-order valence-corrected chi connectivity index (χ1v) is 9.94. The number of oxazole rings is 1. The van der Waals surface area contributed by atoms with E-state index in [9.17, 15) is 9.59 Å². The van der Waals surface area contributed by atoms with Crippen molar-refractivity contribution in [1.82, 2.24) is 10.3 Å². The van der Waals surface area contributed by atoms with Crippen LogP contribution in [0.4, 0.5) is 0 Å². The third-order valence-corrected chi connectivity index (χ3v) is 4.93. The third-order valence-electron chi connectivity index (χ3n) is 4.93. The summed E-state index contributed by atoms with van der Waals surface area (Å²) in [7, 11) is 0.